The minimum absolute atomic E-state index is 0.168. The van der Waals surface area contributed by atoms with Gasteiger partial charge in [0.1, 0.15) is 10.7 Å². The van der Waals surface area contributed by atoms with Crippen molar-refractivity contribution in [2.24, 2.45) is 5.73 Å². The minimum atomic E-state index is -0.615. The van der Waals surface area contributed by atoms with E-state index >= 15 is 0 Å². The van der Waals surface area contributed by atoms with E-state index in [4.69, 9.17) is 17.3 Å². The third-order valence-electron chi connectivity index (χ3n) is 2.89. The maximum atomic E-state index is 11.4. The summed E-state index contributed by atoms with van der Waals surface area (Å²) in [4.78, 5) is 19.8. The summed E-state index contributed by atoms with van der Waals surface area (Å²) in [5.74, 6) is -0.615. The van der Waals surface area contributed by atoms with Crippen LogP contribution < -0.4 is 5.73 Å². The number of aromatic nitrogens is 2. The summed E-state index contributed by atoms with van der Waals surface area (Å²) in [6.45, 7) is 0. The number of nitrogens with two attached hydrogens (primary N) is 1. The number of fused-ring (bicyclic) bond motifs is 1. The number of primary amides is 1. The molecule has 2 N–H and O–H groups in total. The van der Waals surface area contributed by atoms with Crippen molar-refractivity contribution in [3.63, 3.8) is 0 Å². The van der Waals surface area contributed by atoms with Crippen LogP contribution in [0.25, 0.3) is 20.8 Å². The number of hydrogen-bond acceptors (Lipinski definition) is 5. The summed E-state index contributed by atoms with van der Waals surface area (Å²) in [5.41, 5.74) is 7.06. The molecule has 21 heavy (non-hydrogen) atoms. The number of carbonyl (C=O) groups excluding carboxylic acids is 1. The predicted octanol–water partition coefficient (Wildman–Crippen LogP) is 2.98. The van der Waals surface area contributed by atoms with E-state index in [-0.39, 0.29) is 5.69 Å². The van der Waals surface area contributed by atoms with E-state index in [9.17, 15) is 10.1 Å². The number of halogens is 1. The first-order chi connectivity index (χ1) is 10.1. The van der Waals surface area contributed by atoms with Crippen LogP contribution in [0.1, 0.15) is 16.1 Å². The Labute approximate surface area is 128 Å². The molecule has 5 nitrogen and oxygen atoms in total. The van der Waals surface area contributed by atoms with Gasteiger partial charge >= 0.3 is 0 Å². The lowest BCUT2D eigenvalue weighted by Gasteiger charge is -2.01. The number of pyridine rings is 1. The maximum Gasteiger partial charge on any atom is 0.268 e. The summed E-state index contributed by atoms with van der Waals surface area (Å²) >= 11 is 7.42. The zero-order valence-electron chi connectivity index (χ0n) is 10.5. The molecule has 0 aliphatic heterocycles. The van der Waals surface area contributed by atoms with Gasteiger partial charge in [0.2, 0.25) is 0 Å². The van der Waals surface area contributed by atoms with Gasteiger partial charge in [-0.1, -0.05) is 17.7 Å². The van der Waals surface area contributed by atoms with E-state index < -0.39 is 5.91 Å². The Kier molecular flexibility index (Phi) is 3.29. The van der Waals surface area contributed by atoms with Crippen molar-refractivity contribution in [3.8, 4) is 16.6 Å². The van der Waals surface area contributed by atoms with Gasteiger partial charge in [0, 0.05) is 11.8 Å². The Morgan fingerprint density at radius 3 is 2.90 bits per heavy atom. The number of amides is 1. The van der Waals surface area contributed by atoms with Crippen LogP contribution in [-0.4, -0.2) is 15.9 Å². The molecule has 3 aromatic rings. The quantitative estimate of drug-likeness (QED) is 0.787. The van der Waals surface area contributed by atoms with Gasteiger partial charge in [0.15, 0.2) is 0 Å². The molecule has 2 aromatic heterocycles. The monoisotopic (exact) mass is 314 g/mol. The van der Waals surface area contributed by atoms with Crippen LogP contribution in [0.3, 0.4) is 0 Å². The summed E-state index contributed by atoms with van der Waals surface area (Å²) in [6, 6.07) is 8.84. The highest BCUT2D eigenvalue weighted by molar-refractivity contribution is 7.22. The lowest BCUT2D eigenvalue weighted by molar-refractivity contribution is 0.0997. The molecule has 0 fully saturated rings. The third-order valence-corrected chi connectivity index (χ3v) is 4.30. The van der Waals surface area contributed by atoms with E-state index in [0.29, 0.717) is 31.4 Å². The van der Waals surface area contributed by atoms with Gasteiger partial charge in [-0.3, -0.25) is 4.79 Å². The first kappa shape index (κ1) is 13.5. The third kappa shape index (κ3) is 2.23. The second-order valence-electron chi connectivity index (χ2n) is 4.17. The standard InChI is InChI=1S/C14H7ClN4OS/c15-8-3-1-2-7(6-16)10(8)14-19-9-4-5-18-11(13(17)20)12(9)21-14/h1-5H,(H2,17,20). The van der Waals surface area contributed by atoms with Gasteiger partial charge < -0.3 is 5.73 Å². The van der Waals surface area contributed by atoms with Crippen molar-refractivity contribution in [1.82, 2.24) is 9.97 Å². The van der Waals surface area contributed by atoms with Gasteiger partial charge in [-0.05, 0) is 18.2 Å². The molecular formula is C14H7ClN4OS. The van der Waals surface area contributed by atoms with Crippen LogP contribution in [0.4, 0.5) is 0 Å². The Morgan fingerprint density at radius 2 is 2.19 bits per heavy atom. The highest BCUT2D eigenvalue weighted by Crippen LogP contribution is 2.37. The maximum absolute atomic E-state index is 11.4. The Balaban J connectivity index is 2.31. The number of nitriles is 1. The summed E-state index contributed by atoms with van der Waals surface area (Å²) in [6.07, 6.45) is 1.48. The molecule has 3 rings (SSSR count). The number of thiazole rings is 1. The molecule has 0 spiro atoms. The fourth-order valence-electron chi connectivity index (χ4n) is 1.97. The molecule has 7 heteroatoms. The van der Waals surface area contributed by atoms with Crippen molar-refractivity contribution < 1.29 is 4.79 Å². The van der Waals surface area contributed by atoms with Gasteiger partial charge in [-0.2, -0.15) is 5.26 Å². The smallest absolute Gasteiger partial charge is 0.268 e. The highest BCUT2D eigenvalue weighted by Gasteiger charge is 2.17. The first-order valence-corrected chi connectivity index (χ1v) is 7.05. The lowest BCUT2D eigenvalue weighted by Crippen LogP contribution is -2.12. The number of hydrogen-bond donors (Lipinski definition) is 1. The first-order valence-electron chi connectivity index (χ1n) is 5.86. The van der Waals surface area contributed by atoms with Crippen LogP contribution >= 0.6 is 22.9 Å². The molecule has 0 saturated heterocycles. The fraction of sp³-hybridized carbons (Fsp3) is 0. The largest absolute Gasteiger partial charge is 0.364 e. The van der Waals surface area contributed by atoms with Crippen LogP contribution in [-0.2, 0) is 0 Å². The summed E-state index contributed by atoms with van der Waals surface area (Å²) in [7, 11) is 0. The van der Waals surface area contributed by atoms with E-state index in [1.165, 1.54) is 17.5 Å². The average Bonchev–Trinajstić information content (AvgIpc) is 2.89. The Bertz CT molecular complexity index is 913. The van der Waals surface area contributed by atoms with Crippen LogP contribution in [0.5, 0.6) is 0 Å². The van der Waals surface area contributed by atoms with Crippen molar-refractivity contribution in [2.45, 2.75) is 0 Å². The average molecular weight is 315 g/mol. The molecule has 0 radical (unpaired) electrons. The molecule has 0 aliphatic carbocycles. The lowest BCUT2D eigenvalue weighted by atomic mass is 10.1. The molecule has 0 saturated carbocycles. The number of carbonyl (C=O) groups is 1. The normalized spacial score (nSPS) is 10.5. The second-order valence-corrected chi connectivity index (χ2v) is 5.57. The zero-order valence-corrected chi connectivity index (χ0v) is 12.1. The van der Waals surface area contributed by atoms with Gasteiger partial charge in [-0.15, -0.1) is 11.3 Å². The second kappa shape index (κ2) is 5.13. The van der Waals surface area contributed by atoms with E-state index in [1.54, 1.807) is 24.3 Å². The molecule has 1 amide bonds. The molecule has 1 aromatic carbocycles. The summed E-state index contributed by atoms with van der Waals surface area (Å²) < 4.78 is 0.587. The van der Waals surface area contributed by atoms with E-state index in [1.807, 2.05) is 0 Å². The van der Waals surface area contributed by atoms with Crippen LogP contribution in [0.2, 0.25) is 5.02 Å². The fourth-order valence-corrected chi connectivity index (χ4v) is 3.42. The predicted molar refractivity (Wildman–Crippen MR) is 81.1 cm³/mol. The van der Waals surface area contributed by atoms with Gasteiger partial charge in [0.05, 0.1) is 26.9 Å². The molecule has 2 heterocycles. The number of rotatable bonds is 2. The minimum Gasteiger partial charge on any atom is -0.364 e. The van der Waals surface area contributed by atoms with Crippen LogP contribution in [0.15, 0.2) is 30.5 Å². The SMILES string of the molecule is N#Cc1cccc(Cl)c1-c1nc2ccnc(C(N)=O)c2s1. The van der Waals surface area contributed by atoms with E-state index in [2.05, 4.69) is 16.0 Å². The highest BCUT2D eigenvalue weighted by atomic mass is 35.5. The van der Waals surface area contributed by atoms with Crippen molar-refractivity contribution in [2.75, 3.05) is 0 Å². The molecule has 102 valence electrons. The molecule has 0 aliphatic rings. The number of benzene rings is 1. The molecule has 0 bridgehead atoms. The number of nitrogens with zero attached hydrogens (tertiary/aromatic N) is 3. The Morgan fingerprint density at radius 1 is 1.38 bits per heavy atom. The van der Waals surface area contributed by atoms with Crippen molar-refractivity contribution >= 4 is 39.1 Å². The molecule has 0 unspecified atom stereocenters. The van der Waals surface area contributed by atoms with Crippen molar-refractivity contribution in [1.29, 1.82) is 5.26 Å². The topological polar surface area (TPSA) is 92.7 Å². The van der Waals surface area contributed by atoms with Gasteiger partial charge in [-0.25, -0.2) is 9.97 Å². The van der Waals surface area contributed by atoms with Crippen molar-refractivity contribution in [3.05, 3.63) is 46.7 Å². The Hall–Kier alpha value is -2.49. The zero-order chi connectivity index (χ0) is 15.0. The van der Waals surface area contributed by atoms with Gasteiger partial charge in [0.25, 0.3) is 5.91 Å². The summed E-state index contributed by atoms with van der Waals surface area (Å²) in [5, 5.41) is 10.2. The molecular weight excluding hydrogens is 308 g/mol. The van der Waals surface area contributed by atoms with E-state index in [0.717, 1.165) is 0 Å². The van der Waals surface area contributed by atoms with Crippen LogP contribution in [0, 0.1) is 11.3 Å². The molecule has 0 atom stereocenters.